The lowest BCUT2D eigenvalue weighted by atomic mass is 10.1. The zero-order chi connectivity index (χ0) is 13.9. The number of carbonyl (C=O) groups is 1. The lowest BCUT2D eigenvalue weighted by Gasteiger charge is -2.28. The minimum atomic E-state index is 0.156. The first kappa shape index (κ1) is 13.9. The maximum absolute atomic E-state index is 12.6. The van der Waals surface area contributed by atoms with Gasteiger partial charge in [-0.3, -0.25) is 4.79 Å². The van der Waals surface area contributed by atoms with Gasteiger partial charge in [-0.25, -0.2) is 0 Å². The van der Waals surface area contributed by atoms with Gasteiger partial charge in [0.15, 0.2) is 0 Å². The fraction of sp³-hybridized carbons (Fsp3) is 0.562. The Labute approximate surface area is 125 Å². The van der Waals surface area contributed by atoms with E-state index in [1.807, 2.05) is 12.1 Å². The third-order valence-corrected chi connectivity index (χ3v) is 4.65. The predicted octanol–water partition coefficient (Wildman–Crippen LogP) is 3.04. The Balaban J connectivity index is 1.67. The van der Waals surface area contributed by atoms with Gasteiger partial charge in [0.1, 0.15) is 0 Å². The van der Waals surface area contributed by atoms with Gasteiger partial charge in [-0.2, -0.15) is 0 Å². The van der Waals surface area contributed by atoms with Crippen LogP contribution in [0.25, 0.3) is 0 Å². The molecule has 2 aliphatic rings. The Morgan fingerprint density at radius 2 is 1.80 bits per heavy atom. The molecule has 0 saturated carbocycles. The first-order chi connectivity index (χ1) is 9.74. The van der Waals surface area contributed by atoms with Gasteiger partial charge in [0.2, 0.25) is 0 Å². The van der Waals surface area contributed by atoms with Gasteiger partial charge in [-0.05, 0) is 63.0 Å². The highest BCUT2D eigenvalue weighted by atomic mass is 35.5. The van der Waals surface area contributed by atoms with Crippen molar-refractivity contribution in [1.29, 1.82) is 0 Å². The molecule has 2 saturated heterocycles. The largest absolute Gasteiger partial charge is 0.334 e. The number of hydrogen-bond acceptors (Lipinski definition) is 2. The van der Waals surface area contributed by atoms with Crippen LogP contribution < -0.4 is 0 Å². The van der Waals surface area contributed by atoms with Gasteiger partial charge in [0.05, 0.1) is 0 Å². The summed E-state index contributed by atoms with van der Waals surface area (Å²) in [6.45, 7) is 4.32. The molecule has 1 amide bonds. The highest BCUT2D eigenvalue weighted by Crippen LogP contribution is 2.23. The number of rotatable bonds is 3. The average molecular weight is 293 g/mol. The maximum atomic E-state index is 12.6. The van der Waals surface area contributed by atoms with Crippen molar-refractivity contribution in [2.24, 2.45) is 0 Å². The van der Waals surface area contributed by atoms with E-state index in [1.165, 1.54) is 25.9 Å². The summed E-state index contributed by atoms with van der Waals surface area (Å²) in [6, 6.07) is 7.63. The van der Waals surface area contributed by atoms with E-state index in [1.54, 1.807) is 12.1 Å². The predicted molar refractivity (Wildman–Crippen MR) is 81.2 cm³/mol. The fourth-order valence-corrected chi connectivity index (χ4v) is 3.44. The third kappa shape index (κ3) is 2.99. The third-order valence-electron chi connectivity index (χ3n) is 4.40. The van der Waals surface area contributed by atoms with Crippen LogP contribution in [0.1, 0.15) is 36.0 Å². The molecule has 2 aliphatic heterocycles. The molecular weight excluding hydrogens is 272 g/mol. The highest BCUT2D eigenvalue weighted by Gasteiger charge is 2.31. The van der Waals surface area contributed by atoms with Crippen molar-refractivity contribution >= 4 is 17.5 Å². The van der Waals surface area contributed by atoms with E-state index >= 15 is 0 Å². The number of hydrogen-bond donors (Lipinski definition) is 0. The van der Waals surface area contributed by atoms with Gasteiger partial charge in [-0.1, -0.05) is 11.6 Å². The van der Waals surface area contributed by atoms with E-state index in [4.69, 9.17) is 11.6 Å². The molecule has 1 aromatic carbocycles. The van der Waals surface area contributed by atoms with Crippen molar-refractivity contribution in [1.82, 2.24) is 9.80 Å². The number of benzene rings is 1. The number of amides is 1. The molecule has 3 rings (SSSR count). The van der Waals surface area contributed by atoms with Gasteiger partial charge >= 0.3 is 0 Å². The van der Waals surface area contributed by atoms with Crippen LogP contribution in [0.4, 0.5) is 0 Å². The van der Waals surface area contributed by atoms with Gasteiger partial charge in [0, 0.05) is 29.7 Å². The first-order valence-electron chi connectivity index (χ1n) is 7.53. The Bertz CT molecular complexity index is 468. The molecule has 3 nitrogen and oxygen atoms in total. The van der Waals surface area contributed by atoms with Gasteiger partial charge < -0.3 is 9.80 Å². The normalized spacial score (nSPS) is 23.4. The number of likely N-dealkylation sites (tertiary alicyclic amines) is 2. The number of carbonyl (C=O) groups excluding carboxylic acids is 1. The van der Waals surface area contributed by atoms with E-state index in [2.05, 4.69) is 9.80 Å². The highest BCUT2D eigenvalue weighted by molar-refractivity contribution is 6.30. The molecule has 2 fully saturated rings. The molecule has 1 atom stereocenters. The molecule has 0 N–H and O–H groups in total. The molecule has 0 spiro atoms. The SMILES string of the molecule is O=C(c1ccc(Cl)cc1)N1CCCC1CN1CCCC1. The van der Waals surface area contributed by atoms with E-state index in [-0.39, 0.29) is 5.91 Å². The Hall–Kier alpha value is -1.06. The molecule has 0 aromatic heterocycles. The topological polar surface area (TPSA) is 23.6 Å². The molecule has 4 heteroatoms. The molecule has 108 valence electrons. The van der Waals surface area contributed by atoms with Crippen LogP contribution in [-0.2, 0) is 0 Å². The van der Waals surface area contributed by atoms with Gasteiger partial charge in [0.25, 0.3) is 5.91 Å². The summed E-state index contributed by atoms with van der Waals surface area (Å²) in [6.07, 6.45) is 4.86. The van der Waals surface area contributed by atoms with Crippen molar-refractivity contribution in [2.45, 2.75) is 31.7 Å². The van der Waals surface area contributed by atoms with Gasteiger partial charge in [-0.15, -0.1) is 0 Å². The standard InChI is InChI=1S/C16H21ClN2O/c17-14-7-5-13(6-8-14)16(20)19-11-3-4-15(19)12-18-9-1-2-10-18/h5-8,15H,1-4,9-12H2. The Kier molecular flexibility index (Phi) is 4.27. The summed E-state index contributed by atoms with van der Waals surface area (Å²) < 4.78 is 0. The summed E-state index contributed by atoms with van der Waals surface area (Å²) in [7, 11) is 0. The summed E-state index contributed by atoms with van der Waals surface area (Å²) >= 11 is 5.89. The zero-order valence-electron chi connectivity index (χ0n) is 11.7. The minimum Gasteiger partial charge on any atom is -0.334 e. The van der Waals surface area contributed by atoms with E-state index in [9.17, 15) is 4.79 Å². The summed E-state index contributed by atoms with van der Waals surface area (Å²) in [5, 5.41) is 0.677. The van der Waals surface area contributed by atoms with Crippen LogP contribution in [0.3, 0.4) is 0 Å². The van der Waals surface area contributed by atoms with Crippen LogP contribution in [0.15, 0.2) is 24.3 Å². The molecule has 0 aliphatic carbocycles. The molecule has 0 bridgehead atoms. The summed E-state index contributed by atoms with van der Waals surface area (Å²) in [5.41, 5.74) is 0.753. The minimum absolute atomic E-state index is 0.156. The molecule has 1 aromatic rings. The summed E-state index contributed by atoms with van der Waals surface area (Å²) in [5.74, 6) is 0.156. The number of halogens is 1. The molecule has 0 radical (unpaired) electrons. The second kappa shape index (κ2) is 6.15. The van der Waals surface area contributed by atoms with Crippen molar-refractivity contribution in [3.8, 4) is 0 Å². The molecule has 20 heavy (non-hydrogen) atoms. The summed E-state index contributed by atoms with van der Waals surface area (Å²) in [4.78, 5) is 17.2. The lowest BCUT2D eigenvalue weighted by Crippen LogP contribution is -2.42. The first-order valence-corrected chi connectivity index (χ1v) is 7.91. The van der Waals surface area contributed by atoms with Crippen LogP contribution in [-0.4, -0.2) is 47.9 Å². The lowest BCUT2D eigenvalue weighted by molar-refractivity contribution is 0.0709. The van der Waals surface area contributed by atoms with Crippen molar-refractivity contribution in [3.63, 3.8) is 0 Å². The van der Waals surface area contributed by atoms with Crippen molar-refractivity contribution in [2.75, 3.05) is 26.2 Å². The Morgan fingerprint density at radius 3 is 2.50 bits per heavy atom. The van der Waals surface area contributed by atoms with Crippen LogP contribution in [0, 0.1) is 0 Å². The zero-order valence-corrected chi connectivity index (χ0v) is 12.5. The smallest absolute Gasteiger partial charge is 0.254 e. The van der Waals surface area contributed by atoms with Crippen molar-refractivity contribution in [3.05, 3.63) is 34.9 Å². The van der Waals surface area contributed by atoms with Crippen molar-refractivity contribution < 1.29 is 4.79 Å². The second-order valence-corrected chi connectivity index (χ2v) is 6.25. The van der Waals surface area contributed by atoms with E-state index < -0.39 is 0 Å². The average Bonchev–Trinajstić information content (AvgIpc) is 3.11. The molecule has 2 heterocycles. The number of nitrogens with zero attached hydrogens (tertiary/aromatic N) is 2. The Morgan fingerprint density at radius 1 is 1.10 bits per heavy atom. The van der Waals surface area contributed by atoms with E-state index in [0.29, 0.717) is 11.1 Å². The second-order valence-electron chi connectivity index (χ2n) is 5.81. The van der Waals surface area contributed by atoms with Crippen LogP contribution in [0.5, 0.6) is 0 Å². The molecular formula is C16H21ClN2O. The monoisotopic (exact) mass is 292 g/mol. The maximum Gasteiger partial charge on any atom is 0.254 e. The van der Waals surface area contributed by atoms with Crippen LogP contribution >= 0.6 is 11.6 Å². The van der Waals surface area contributed by atoms with Crippen LogP contribution in [0.2, 0.25) is 5.02 Å². The fourth-order valence-electron chi connectivity index (χ4n) is 3.31. The van der Waals surface area contributed by atoms with E-state index in [0.717, 1.165) is 31.5 Å². The quantitative estimate of drug-likeness (QED) is 0.855. The molecule has 1 unspecified atom stereocenters.